The van der Waals surface area contributed by atoms with E-state index in [2.05, 4.69) is 10.7 Å². The van der Waals surface area contributed by atoms with Crippen LogP contribution in [-0.2, 0) is 6.42 Å². The molecule has 0 radical (unpaired) electrons. The largest absolute Gasteiger partial charge is 0.322 e. The van der Waals surface area contributed by atoms with E-state index in [1.807, 2.05) is 42.5 Å². The van der Waals surface area contributed by atoms with Crippen molar-refractivity contribution in [1.29, 1.82) is 0 Å². The SMILES string of the molecule is NNCCc1ccc(NC(=O)c2ccccc2)cc1. The molecule has 0 aliphatic heterocycles. The standard InChI is InChI=1S/C15H17N3O/c16-17-11-10-12-6-8-14(9-7-12)18-15(19)13-4-2-1-3-5-13/h1-9,17H,10-11,16H2,(H,18,19). The van der Waals surface area contributed by atoms with E-state index in [0.29, 0.717) is 5.56 Å². The summed E-state index contributed by atoms with van der Waals surface area (Å²) in [5.41, 5.74) is 5.23. The molecule has 2 aromatic carbocycles. The van der Waals surface area contributed by atoms with E-state index in [1.165, 1.54) is 5.56 Å². The number of hydrogen-bond acceptors (Lipinski definition) is 3. The van der Waals surface area contributed by atoms with Crippen LogP contribution in [0, 0.1) is 0 Å². The minimum Gasteiger partial charge on any atom is -0.322 e. The number of anilines is 1. The normalized spacial score (nSPS) is 10.2. The molecule has 0 spiro atoms. The summed E-state index contributed by atoms with van der Waals surface area (Å²) in [6.45, 7) is 0.732. The Balaban J connectivity index is 1.98. The van der Waals surface area contributed by atoms with Crippen LogP contribution in [0.2, 0.25) is 0 Å². The maximum absolute atomic E-state index is 11.9. The second-order valence-electron chi connectivity index (χ2n) is 4.22. The fourth-order valence-corrected chi connectivity index (χ4v) is 1.76. The molecule has 0 aliphatic carbocycles. The quantitative estimate of drug-likeness (QED) is 0.565. The monoisotopic (exact) mass is 255 g/mol. The topological polar surface area (TPSA) is 67.2 Å². The van der Waals surface area contributed by atoms with Gasteiger partial charge in [0.05, 0.1) is 0 Å². The number of amides is 1. The number of carbonyl (C=O) groups is 1. The number of nitrogens with one attached hydrogen (secondary N) is 2. The van der Waals surface area contributed by atoms with Gasteiger partial charge in [-0.15, -0.1) is 0 Å². The van der Waals surface area contributed by atoms with Gasteiger partial charge >= 0.3 is 0 Å². The van der Waals surface area contributed by atoms with Crippen molar-refractivity contribution in [2.75, 3.05) is 11.9 Å². The van der Waals surface area contributed by atoms with Crippen LogP contribution in [0.1, 0.15) is 15.9 Å². The molecular formula is C15H17N3O. The van der Waals surface area contributed by atoms with Crippen LogP contribution in [0.5, 0.6) is 0 Å². The highest BCUT2D eigenvalue weighted by atomic mass is 16.1. The van der Waals surface area contributed by atoms with E-state index in [-0.39, 0.29) is 5.91 Å². The first-order chi connectivity index (χ1) is 9.29. The lowest BCUT2D eigenvalue weighted by Crippen LogP contribution is -2.24. The summed E-state index contributed by atoms with van der Waals surface area (Å²) in [4.78, 5) is 11.9. The van der Waals surface area contributed by atoms with Crippen molar-refractivity contribution in [3.8, 4) is 0 Å². The van der Waals surface area contributed by atoms with Gasteiger partial charge < -0.3 is 5.32 Å². The molecule has 0 heterocycles. The van der Waals surface area contributed by atoms with Gasteiger partial charge in [-0.05, 0) is 36.2 Å². The van der Waals surface area contributed by atoms with Gasteiger partial charge in [-0.25, -0.2) is 0 Å². The number of rotatable bonds is 5. The highest BCUT2D eigenvalue weighted by molar-refractivity contribution is 6.04. The summed E-state index contributed by atoms with van der Waals surface area (Å²) >= 11 is 0. The minimum absolute atomic E-state index is 0.100. The maximum Gasteiger partial charge on any atom is 0.255 e. The Bertz CT molecular complexity index is 523. The second kappa shape index (κ2) is 6.68. The molecular weight excluding hydrogens is 238 g/mol. The molecule has 2 rings (SSSR count). The number of hydrazine groups is 1. The summed E-state index contributed by atoms with van der Waals surface area (Å²) in [5.74, 6) is 5.13. The fraction of sp³-hybridized carbons (Fsp3) is 0.133. The summed E-state index contributed by atoms with van der Waals surface area (Å²) in [5, 5.41) is 2.86. The van der Waals surface area contributed by atoms with Crippen molar-refractivity contribution in [1.82, 2.24) is 5.43 Å². The van der Waals surface area contributed by atoms with Gasteiger partial charge in [0.15, 0.2) is 0 Å². The van der Waals surface area contributed by atoms with E-state index < -0.39 is 0 Å². The molecule has 4 heteroatoms. The highest BCUT2D eigenvalue weighted by Gasteiger charge is 2.04. The van der Waals surface area contributed by atoms with Crippen LogP contribution in [-0.4, -0.2) is 12.5 Å². The molecule has 98 valence electrons. The number of carbonyl (C=O) groups excluding carboxylic acids is 1. The molecule has 0 aromatic heterocycles. The summed E-state index contributed by atoms with van der Waals surface area (Å²) in [6, 6.07) is 16.9. The van der Waals surface area contributed by atoms with E-state index in [9.17, 15) is 4.79 Å². The molecule has 0 unspecified atom stereocenters. The zero-order valence-corrected chi connectivity index (χ0v) is 10.6. The smallest absolute Gasteiger partial charge is 0.255 e. The Morgan fingerprint density at radius 2 is 1.68 bits per heavy atom. The van der Waals surface area contributed by atoms with Crippen LogP contribution in [0.25, 0.3) is 0 Å². The molecule has 0 saturated heterocycles. The van der Waals surface area contributed by atoms with Crippen molar-refractivity contribution < 1.29 is 4.79 Å². The summed E-state index contributed by atoms with van der Waals surface area (Å²) < 4.78 is 0. The number of hydrogen-bond donors (Lipinski definition) is 3. The molecule has 0 fully saturated rings. The lowest BCUT2D eigenvalue weighted by Gasteiger charge is -2.06. The molecule has 0 aliphatic rings. The van der Waals surface area contributed by atoms with Crippen molar-refractivity contribution in [3.63, 3.8) is 0 Å². The predicted molar refractivity (Wildman–Crippen MR) is 76.7 cm³/mol. The molecule has 0 bridgehead atoms. The van der Waals surface area contributed by atoms with E-state index in [4.69, 9.17) is 5.84 Å². The third kappa shape index (κ3) is 3.91. The summed E-state index contributed by atoms with van der Waals surface area (Å²) in [7, 11) is 0. The lowest BCUT2D eigenvalue weighted by molar-refractivity contribution is 0.102. The number of benzene rings is 2. The second-order valence-corrected chi connectivity index (χ2v) is 4.22. The van der Waals surface area contributed by atoms with Crippen LogP contribution in [0.4, 0.5) is 5.69 Å². The Morgan fingerprint density at radius 3 is 2.32 bits per heavy atom. The van der Waals surface area contributed by atoms with Gasteiger partial charge in [0.25, 0.3) is 5.91 Å². The molecule has 2 aromatic rings. The van der Waals surface area contributed by atoms with E-state index in [1.54, 1.807) is 12.1 Å². The molecule has 0 saturated carbocycles. The lowest BCUT2D eigenvalue weighted by atomic mass is 10.1. The van der Waals surface area contributed by atoms with Gasteiger partial charge in [0.1, 0.15) is 0 Å². The predicted octanol–water partition coefficient (Wildman–Crippen LogP) is 1.94. The molecule has 0 atom stereocenters. The first-order valence-corrected chi connectivity index (χ1v) is 6.18. The van der Waals surface area contributed by atoms with Crippen LogP contribution in [0.15, 0.2) is 54.6 Å². The van der Waals surface area contributed by atoms with Crippen molar-refractivity contribution in [3.05, 3.63) is 65.7 Å². The summed E-state index contributed by atoms with van der Waals surface area (Å²) in [6.07, 6.45) is 0.864. The first kappa shape index (κ1) is 13.3. The van der Waals surface area contributed by atoms with Gasteiger partial charge in [0.2, 0.25) is 0 Å². The third-order valence-corrected chi connectivity index (χ3v) is 2.81. The fourth-order valence-electron chi connectivity index (χ4n) is 1.76. The van der Waals surface area contributed by atoms with Gasteiger partial charge in [-0.3, -0.25) is 16.1 Å². The van der Waals surface area contributed by atoms with Crippen molar-refractivity contribution in [2.24, 2.45) is 5.84 Å². The molecule has 1 amide bonds. The molecule has 4 nitrogen and oxygen atoms in total. The number of nitrogens with two attached hydrogens (primary N) is 1. The van der Waals surface area contributed by atoms with Crippen LogP contribution in [0.3, 0.4) is 0 Å². The van der Waals surface area contributed by atoms with Crippen LogP contribution < -0.4 is 16.6 Å². The van der Waals surface area contributed by atoms with E-state index >= 15 is 0 Å². The van der Waals surface area contributed by atoms with Gasteiger partial charge in [0, 0.05) is 17.8 Å². The maximum atomic E-state index is 11.9. The van der Waals surface area contributed by atoms with Crippen molar-refractivity contribution in [2.45, 2.75) is 6.42 Å². The van der Waals surface area contributed by atoms with Crippen LogP contribution >= 0.6 is 0 Å². The highest BCUT2D eigenvalue weighted by Crippen LogP contribution is 2.11. The zero-order valence-electron chi connectivity index (χ0n) is 10.6. The zero-order chi connectivity index (χ0) is 13.5. The Kier molecular flexibility index (Phi) is 4.66. The molecule has 4 N–H and O–H groups in total. The first-order valence-electron chi connectivity index (χ1n) is 6.18. The molecule has 19 heavy (non-hydrogen) atoms. The average molecular weight is 255 g/mol. The van der Waals surface area contributed by atoms with Gasteiger partial charge in [-0.1, -0.05) is 30.3 Å². The third-order valence-electron chi connectivity index (χ3n) is 2.81. The minimum atomic E-state index is -0.100. The van der Waals surface area contributed by atoms with Gasteiger partial charge in [-0.2, -0.15) is 0 Å². The van der Waals surface area contributed by atoms with E-state index in [0.717, 1.165) is 18.7 Å². The van der Waals surface area contributed by atoms with Crippen molar-refractivity contribution >= 4 is 11.6 Å². The average Bonchev–Trinajstić information content (AvgIpc) is 2.47. The Labute approximate surface area is 112 Å². The Hall–Kier alpha value is -2.17. The Morgan fingerprint density at radius 1 is 1.00 bits per heavy atom.